The first-order valence-electron chi connectivity index (χ1n) is 4.41. The third-order valence-corrected chi connectivity index (χ3v) is 2.23. The minimum atomic E-state index is -0.431. The molecular formula is C11H12Cl2O3. The predicted molar refractivity (Wildman–Crippen MR) is 64.8 cm³/mol. The summed E-state index contributed by atoms with van der Waals surface area (Å²) >= 11 is 10.6. The maximum Gasteiger partial charge on any atom is 0.330 e. The Bertz CT molecular complexity index is 310. The van der Waals surface area contributed by atoms with E-state index in [-0.39, 0.29) is 23.1 Å². The van der Waals surface area contributed by atoms with Crippen molar-refractivity contribution in [2.24, 2.45) is 0 Å². The molecule has 0 amide bonds. The van der Waals surface area contributed by atoms with Crippen LogP contribution in [0.4, 0.5) is 0 Å². The van der Waals surface area contributed by atoms with Crippen molar-refractivity contribution in [3.63, 3.8) is 0 Å². The molecule has 0 saturated heterocycles. The van der Waals surface area contributed by atoms with Crippen molar-refractivity contribution in [3.8, 4) is 0 Å². The standard InChI is InChI=1S/C7H7ClO2.C4H5ClO/c1-2-7(9)10-6-4-3-5(6)8;1-2-4(6)3-5/h2-6H,1H2;2H,1,3H2. The van der Waals surface area contributed by atoms with Crippen molar-refractivity contribution >= 4 is 35.0 Å². The van der Waals surface area contributed by atoms with Crippen LogP contribution in [0.25, 0.3) is 0 Å². The summed E-state index contributed by atoms with van der Waals surface area (Å²) in [4.78, 5) is 20.5. The van der Waals surface area contributed by atoms with Gasteiger partial charge in [0.25, 0.3) is 0 Å². The molecule has 0 saturated carbocycles. The van der Waals surface area contributed by atoms with Crippen LogP contribution in [0.3, 0.4) is 0 Å². The minimum absolute atomic E-state index is 0.0451. The number of ketones is 1. The van der Waals surface area contributed by atoms with Gasteiger partial charge in [0.05, 0.1) is 11.3 Å². The lowest BCUT2D eigenvalue weighted by molar-refractivity contribution is -0.141. The summed E-state index contributed by atoms with van der Waals surface area (Å²) in [5, 5.41) is -0.163. The second-order valence-corrected chi connectivity index (χ2v) is 3.51. The second kappa shape index (κ2) is 8.13. The smallest absolute Gasteiger partial charge is 0.330 e. The molecule has 1 rings (SSSR count). The normalized spacial score (nSPS) is 20.9. The van der Waals surface area contributed by atoms with Gasteiger partial charge in [-0.1, -0.05) is 19.2 Å². The third-order valence-electron chi connectivity index (χ3n) is 1.58. The van der Waals surface area contributed by atoms with E-state index >= 15 is 0 Å². The molecule has 2 atom stereocenters. The van der Waals surface area contributed by atoms with Crippen LogP contribution in [0.15, 0.2) is 37.5 Å². The Balaban J connectivity index is 0.000000325. The number of rotatable bonds is 4. The van der Waals surface area contributed by atoms with Crippen molar-refractivity contribution in [1.82, 2.24) is 0 Å². The first kappa shape index (κ1) is 14.9. The first-order chi connectivity index (χ1) is 7.54. The number of hydrogen-bond acceptors (Lipinski definition) is 3. The van der Waals surface area contributed by atoms with Gasteiger partial charge in [0.1, 0.15) is 6.10 Å². The van der Waals surface area contributed by atoms with Gasteiger partial charge in [-0.25, -0.2) is 4.79 Å². The van der Waals surface area contributed by atoms with E-state index in [0.29, 0.717) is 0 Å². The summed E-state index contributed by atoms with van der Waals surface area (Å²) in [6.07, 6.45) is 5.57. The van der Waals surface area contributed by atoms with Crippen LogP contribution in [-0.2, 0) is 14.3 Å². The zero-order valence-electron chi connectivity index (χ0n) is 8.57. The summed E-state index contributed by atoms with van der Waals surface area (Å²) in [5.74, 6) is -0.514. The van der Waals surface area contributed by atoms with Crippen molar-refractivity contribution in [2.45, 2.75) is 11.5 Å². The van der Waals surface area contributed by atoms with Gasteiger partial charge in [-0.15, -0.1) is 23.2 Å². The molecule has 0 spiro atoms. The van der Waals surface area contributed by atoms with Gasteiger partial charge in [0.2, 0.25) is 0 Å². The molecule has 0 aromatic heterocycles. The van der Waals surface area contributed by atoms with Crippen LogP contribution in [-0.4, -0.2) is 29.1 Å². The van der Waals surface area contributed by atoms with Gasteiger partial charge < -0.3 is 4.74 Å². The molecular weight excluding hydrogens is 251 g/mol. The quantitative estimate of drug-likeness (QED) is 0.338. The summed E-state index contributed by atoms with van der Waals surface area (Å²) < 4.78 is 4.77. The highest BCUT2D eigenvalue weighted by atomic mass is 35.5. The molecule has 1 aliphatic carbocycles. The van der Waals surface area contributed by atoms with E-state index in [9.17, 15) is 9.59 Å². The van der Waals surface area contributed by atoms with E-state index < -0.39 is 5.97 Å². The molecule has 1 aliphatic rings. The molecule has 0 aromatic carbocycles. The lowest BCUT2D eigenvalue weighted by atomic mass is 10.1. The van der Waals surface area contributed by atoms with Crippen LogP contribution in [0.5, 0.6) is 0 Å². The Morgan fingerprint density at radius 1 is 1.31 bits per heavy atom. The number of alkyl halides is 2. The molecule has 0 fully saturated rings. The molecule has 0 radical (unpaired) electrons. The molecule has 0 aromatic rings. The summed E-state index contributed by atoms with van der Waals surface area (Å²) in [6.45, 7) is 6.45. The maximum absolute atomic E-state index is 10.5. The predicted octanol–water partition coefficient (Wildman–Crippen LogP) is 2.24. The van der Waals surface area contributed by atoms with Gasteiger partial charge in [0, 0.05) is 6.08 Å². The highest BCUT2D eigenvalue weighted by Gasteiger charge is 2.24. The van der Waals surface area contributed by atoms with Gasteiger partial charge in [-0.05, 0) is 12.2 Å². The lowest BCUT2D eigenvalue weighted by Gasteiger charge is -2.22. The largest absolute Gasteiger partial charge is 0.453 e. The molecule has 0 heterocycles. The van der Waals surface area contributed by atoms with Crippen molar-refractivity contribution < 1.29 is 14.3 Å². The average Bonchev–Trinajstić information content (AvgIpc) is 2.33. The topological polar surface area (TPSA) is 43.4 Å². The number of carbonyl (C=O) groups excluding carboxylic acids is 2. The number of hydrogen-bond donors (Lipinski definition) is 0. The van der Waals surface area contributed by atoms with Crippen LogP contribution in [0.2, 0.25) is 0 Å². The van der Waals surface area contributed by atoms with Crippen LogP contribution in [0.1, 0.15) is 0 Å². The summed E-state index contributed by atoms with van der Waals surface area (Å²) in [6, 6.07) is 0. The molecule has 16 heavy (non-hydrogen) atoms. The van der Waals surface area contributed by atoms with Crippen LogP contribution >= 0.6 is 23.2 Å². The monoisotopic (exact) mass is 262 g/mol. The Morgan fingerprint density at radius 3 is 2.12 bits per heavy atom. The Kier molecular flexibility index (Phi) is 7.60. The Labute approximate surface area is 104 Å². The Morgan fingerprint density at radius 2 is 1.94 bits per heavy atom. The SMILES string of the molecule is C=CC(=O)CCl.C=CC(=O)OC1C=CC1Cl. The fourth-order valence-electron chi connectivity index (χ4n) is 0.627. The van der Waals surface area contributed by atoms with Crippen molar-refractivity contribution in [2.75, 3.05) is 5.88 Å². The zero-order valence-corrected chi connectivity index (χ0v) is 10.1. The van der Waals surface area contributed by atoms with Gasteiger partial charge in [-0.3, -0.25) is 4.79 Å². The van der Waals surface area contributed by atoms with Crippen LogP contribution < -0.4 is 0 Å². The van der Waals surface area contributed by atoms with Gasteiger partial charge in [-0.2, -0.15) is 0 Å². The second-order valence-electron chi connectivity index (χ2n) is 2.74. The minimum Gasteiger partial charge on any atom is -0.453 e. The molecule has 5 heteroatoms. The van der Waals surface area contributed by atoms with E-state index in [1.807, 2.05) is 0 Å². The molecule has 88 valence electrons. The zero-order chi connectivity index (χ0) is 12.6. The molecule has 3 nitrogen and oxygen atoms in total. The average molecular weight is 263 g/mol. The number of halogens is 2. The number of carbonyl (C=O) groups is 2. The number of ether oxygens (including phenoxy) is 1. The molecule has 0 bridgehead atoms. The lowest BCUT2D eigenvalue weighted by Crippen LogP contribution is -2.29. The van der Waals surface area contributed by atoms with E-state index in [0.717, 1.165) is 6.08 Å². The number of esters is 1. The first-order valence-corrected chi connectivity index (χ1v) is 5.39. The fourth-order valence-corrected chi connectivity index (χ4v) is 0.955. The summed E-state index contributed by atoms with van der Waals surface area (Å²) in [5.41, 5.74) is 0. The molecule has 0 aliphatic heterocycles. The molecule has 0 N–H and O–H groups in total. The Hall–Kier alpha value is -1.06. The highest BCUT2D eigenvalue weighted by Crippen LogP contribution is 2.19. The number of allylic oxidation sites excluding steroid dienone is 1. The van der Waals surface area contributed by atoms with E-state index in [1.54, 1.807) is 12.2 Å². The van der Waals surface area contributed by atoms with E-state index in [1.165, 1.54) is 6.08 Å². The summed E-state index contributed by atoms with van der Waals surface area (Å²) in [7, 11) is 0. The maximum atomic E-state index is 10.5. The van der Waals surface area contributed by atoms with Crippen molar-refractivity contribution in [1.29, 1.82) is 0 Å². The van der Waals surface area contributed by atoms with E-state index in [2.05, 4.69) is 13.2 Å². The van der Waals surface area contributed by atoms with Crippen LogP contribution in [0, 0.1) is 0 Å². The molecule has 2 unspecified atom stereocenters. The fraction of sp³-hybridized carbons (Fsp3) is 0.273. The van der Waals surface area contributed by atoms with Gasteiger partial charge >= 0.3 is 5.97 Å². The van der Waals surface area contributed by atoms with Crippen molar-refractivity contribution in [3.05, 3.63) is 37.5 Å². The highest BCUT2D eigenvalue weighted by molar-refractivity contribution is 6.29. The third kappa shape index (κ3) is 5.73. The van der Waals surface area contributed by atoms with E-state index in [4.69, 9.17) is 27.9 Å². The van der Waals surface area contributed by atoms with Gasteiger partial charge in [0.15, 0.2) is 5.78 Å².